The lowest BCUT2D eigenvalue weighted by Gasteiger charge is -2.36. The van der Waals surface area contributed by atoms with E-state index in [1.807, 2.05) is 69.3 Å². The van der Waals surface area contributed by atoms with Gasteiger partial charge in [-0.3, -0.25) is 14.4 Å². The fourth-order valence-corrected chi connectivity index (χ4v) is 5.16. The molecule has 0 aromatic heterocycles. The van der Waals surface area contributed by atoms with E-state index >= 15 is 0 Å². The molecule has 0 aliphatic heterocycles. The van der Waals surface area contributed by atoms with Gasteiger partial charge in [0.05, 0.1) is 0 Å². The fourth-order valence-electron chi connectivity index (χ4n) is 5.16. The Morgan fingerprint density at radius 1 is 0.809 bits per heavy atom. The third kappa shape index (κ3) is 12.7. The van der Waals surface area contributed by atoms with Crippen LogP contribution in [-0.4, -0.2) is 64.5 Å². The van der Waals surface area contributed by atoms with Gasteiger partial charge in [0, 0.05) is 19.4 Å². The first-order valence-electron chi connectivity index (χ1n) is 16.0. The largest absolute Gasteiger partial charge is 0.458 e. The third-order valence-electron chi connectivity index (χ3n) is 7.08. The number of aryl methyl sites for hydroxylation is 2. The van der Waals surface area contributed by atoms with Crippen molar-refractivity contribution >= 4 is 29.8 Å². The summed E-state index contributed by atoms with van der Waals surface area (Å²) >= 11 is 0. The summed E-state index contributed by atoms with van der Waals surface area (Å²) in [6, 6.07) is 11.3. The van der Waals surface area contributed by atoms with Gasteiger partial charge in [-0.1, -0.05) is 55.5 Å². The van der Waals surface area contributed by atoms with Crippen molar-refractivity contribution in [2.75, 3.05) is 6.54 Å². The van der Waals surface area contributed by atoms with E-state index in [-0.39, 0.29) is 25.8 Å². The van der Waals surface area contributed by atoms with Crippen LogP contribution < -0.4 is 16.4 Å². The summed E-state index contributed by atoms with van der Waals surface area (Å²) in [6.07, 6.45) is -0.523. The Kier molecular flexibility index (Phi) is 14.0. The summed E-state index contributed by atoms with van der Waals surface area (Å²) in [5, 5.41) is 5.50. The second-order valence-electron chi connectivity index (χ2n) is 13.7. The number of rotatable bonds is 14. The summed E-state index contributed by atoms with van der Waals surface area (Å²) in [5.41, 5.74) is 6.66. The molecule has 0 radical (unpaired) electrons. The van der Waals surface area contributed by atoms with Crippen LogP contribution in [0.4, 0.5) is 4.79 Å². The van der Waals surface area contributed by atoms with Crippen molar-refractivity contribution in [2.45, 2.75) is 117 Å². The summed E-state index contributed by atoms with van der Waals surface area (Å²) in [6.45, 7) is 16.0. The van der Waals surface area contributed by atoms with E-state index in [1.54, 1.807) is 41.5 Å². The molecule has 258 valence electrons. The lowest BCUT2D eigenvalue weighted by molar-refractivity contribution is -0.159. The van der Waals surface area contributed by atoms with E-state index < -0.39 is 59.1 Å². The van der Waals surface area contributed by atoms with Gasteiger partial charge in [0.1, 0.15) is 29.3 Å². The van der Waals surface area contributed by atoms with Gasteiger partial charge in [-0.15, -0.1) is 0 Å². The van der Waals surface area contributed by atoms with Crippen molar-refractivity contribution in [3.05, 3.63) is 70.8 Å². The Morgan fingerprint density at radius 3 is 1.89 bits per heavy atom. The zero-order valence-corrected chi connectivity index (χ0v) is 29.3. The van der Waals surface area contributed by atoms with Gasteiger partial charge in [-0.25, -0.2) is 9.59 Å². The van der Waals surface area contributed by atoms with Crippen LogP contribution in [0.5, 0.6) is 0 Å². The van der Waals surface area contributed by atoms with Crippen LogP contribution >= 0.6 is 0 Å². The number of esters is 1. The minimum atomic E-state index is -1.23. The van der Waals surface area contributed by atoms with Crippen LogP contribution in [0.15, 0.2) is 48.5 Å². The maximum absolute atomic E-state index is 14.5. The first-order chi connectivity index (χ1) is 21.8. The highest BCUT2D eigenvalue weighted by Gasteiger charge is 2.39. The van der Waals surface area contributed by atoms with Crippen molar-refractivity contribution in [3.63, 3.8) is 0 Å². The molecule has 0 fully saturated rings. The Morgan fingerprint density at radius 2 is 1.38 bits per heavy atom. The van der Waals surface area contributed by atoms with Crippen LogP contribution in [0.2, 0.25) is 0 Å². The van der Waals surface area contributed by atoms with Gasteiger partial charge in [0.15, 0.2) is 0 Å². The molecule has 0 aliphatic rings. The molecule has 2 aromatic rings. The highest BCUT2D eigenvalue weighted by Crippen LogP contribution is 2.30. The van der Waals surface area contributed by atoms with Crippen molar-refractivity contribution in [2.24, 2.45) is 5.73 Å². The summed E-state index contributed by atoms with van der Waals surface area (Å²) < 4.78 is 11.1. The molecular weight excluding hydrogens is 600 g/mol. The molecule has 4 amide bonds. The zero-order valence-electron chi connectivity index (χ0n) is 29.3. The molecule has 3 unspecified atom stereocenters. The summed E-state index contributed by atoms with van der Waals surface area (Å²) in [5.74, 6) is -2.46. The Bertz CT molecular complexity index is 1380. The van der Waals surface area contributed by atoms with Crippen molar-refractivity contribution in [1.82, 2.24) is 15.5 Å². The molecule has 0 bridgehead atoms. The molecular formula is C36H52N4O7. The van der Waals surface area contributed by atoms with Crippen molar-refractivity contribution in [3.8, 4) is 0 Å². The number of ether oxygens (including phenoxy) is 2. The molecule has 2 aromatic carbocycles. The number of benzene rings is 2. The summed E-state index contributed by atoms with van der Waals surface area (Å²) in [7, 11) is 0. The number of amides is 4. The molecule has 0 aliphatic carbocycles. The summed E-state index contributed by atoms with van der Waals surface area (Å²) in [4.78, 5) is 68.4. The van der Waals surface area contributed by atoms with Crippen LogP contribution in [0.3, 0.4) is 0 Å². The van der Waals surface area contributed by atoms with E-state index in [9.17, 15) is 24.0 Å². The molecule has 2 rings (SSSR count). The van der Waals surface area contributed by atoms with Crippen LogP contribution in [0.1, 0.15) is 96.0 Å². The highest BCUT2D eigenvalue weighted by atomic mass is 16.6. The number of carbonyl (C=O) groups is 5. The smallest absolute Gasteiger partial charge is 0.408 e. The number of alkyl carbamates (subject to hydrolysis) is 1. The Balaban J connectivity index is 2.65. The fraction of sp³-hybridized carbons (Fsp3) is 0.528. The van der Waals surface area contributed by atoms with Gasteiger partial charge < -0.3 is 30.7 Å². The Hall–Kier alpha value is -4.41. The molecule has 0 saturated carbocycles. The lowest BCUT2D eigenvalue weighted by Crippen LogP contribution is -2.55. The molecule has 11 heteroatoms. The van der Waals surface area contributed by atoms with E-state index in [4.69, 9.17) is 15.2 Å². The van der Waals surface area contributed by atoms with E-state index in [0.29, 0.717) is 12.0 Å². The molecule has 4 N–H and O–H groups in total. The number of nitrogens with zero attached hydrogens (tertiary/aromatic N) is 1. The van der Waals surface area contributed by atoms with Gasteiger partial charge >= 0.3 is 12.1 Å². The number of primary amides is 1. The highest BCUT2D eigenvalue weighted by molar-refractivity contribution is 5.94. The third-order valence-corrected chi connectivity index (χ3v) is 7.08. The predicted octanol–water partition coefficient (Wildman–Crippen LogP) is 4.81. The van der Waals surface area contributed by atoms with Gasteiger partial charge in [-0.2, -0.15) is 0 Å². The SMILES string of the molecule is CCCN(C(=O)C(CCC(N)=O)NC(=O)OC(C)(C)C)C(C(=O)NC(Cc1ccccc1)C(=O)OC(C)(C)C)c1c(C)cccc1C. The van der Waals surface area contributed by atoms with E-state index in [2.05, 4.69) is 10.6 Å². The number of hydrogen-bond donors (Lipinski definition) is 3. The van der Waals surface area contributed by atoms with Crippen LogP contribution in [-0.2, 0) is 35.1 Å². The second-order valence-corrected chi connectivity index (χ2v) is 13.7. The van der Waals surface area contributed by atoms with E-state index in [1.165, 1.54) is 4.90 Å². The topological polar surface area (TPSA) is 157 Å². The number of nitrogens with two attached hydrogens (primary N) is 1. The van der Waals surface area contributed by atoms with Crippen LogP contribution in [0.25, 0.3) is 0 Å². The molecule has 0 saturated heterocycles. The monoisotopic (exact) mass is 652 g/mol. The van der Waals surface area contributed by atoms with Gasteiger partial charge in [-0.05, 0) is 90.5 Å². The first kappa shape index (κ1) is 38.8. The second kappa shape index (κ2) is 16.9. The average molecular weight is 653 g/mol. The van der Waals surface area contributed by atoms with Gasteiger partial charge in [0.2, 0.25) is 17.7 Å². The maximum atomic E-state index is 14.5. The first-order valence-corrected chi connectivity index (χ1v) is 16.0. The minimum Gasteiger partial charge on any atom is -0.458 e. The molecule has 3 atom stereocenters. The van der Waals surface area contributed by atoms with E-state index in [0.717, 1.165) is 16.7 Å². The number of carbonyl (C=O) groups excluding carboxylic acids is 5. The molecule has 11 nitrogen and oxygen atoms in total. The zero-order chi connectivity index (χ0) is 35.5. The normalized spacial score (nSPS) is 13.5. The maximum Gasteiger partial charge on any atom is 0.408 e. The molecule has 47 heavy (non-hydrogen) atoms. The average Bonchev–Trinajstić information content (AvgIpc) is 2.94. The quantitative estimate of drug-likeness (QED) is 0.247. The molecule has 0 spiro atoms. The van der Waals surface area contributed by atoms with Gasteiger partial charge in [0.25, 0.3) is 0 Å². The minimum absolute atomic E-state index is 0.108. The lowest BCUT2D eigenvalue weighted by atomic mass is 9.92. The Labute approximate surface area is 278 Å². The predicted molar refractivity (Wildman–Crippen MR) is 180 cm³/mol. The van der Waals surface area contributed by atoms with Crippen LogP contribution in [0, 0.1) is 13.8 Å². The number of nitrogens with one attached hydrogen (secondary N) is 2. The van der Waals surface area contributed by atoms with Crippen molar-refractivity contribution in [1.29, 1.82) is 0 Å². The molecule has 0 heterocycles. The standard InChI is InChI=1S/C36H52N4O7/c1-10-21-40(32(43)26(19-20-28(37)41)39-34(45)47-36(7,8)9)30(29-23(2)15-14-16-24(29)3)31(42)38-27(33(44)46-35(4,5)6)22-25-17-12-11-13-18-25/h11-18,26-27,30H,10,19-22H2,1-9H3,(H2,37,41)(H,38,42)(H,39,45). The number of hydrogen-bond acceptors (Lipinski definition) is 7. The van der Waals surface area contributed by atoms with Crippen molar-refractivity contribution < 1.29 is 33.4 Å².